The smallest absolute Gasteiger partial charge is 0.200 e. The van der Waals surface area contributed by atoms with Crippen LogP contribution in [0.3, 0.4) is 0 Å². The summed E-state index contributed by atoms with van der Waals surface area (Å²) in [6, 6.07) is 0. The fourth-order valence-corrected chi connectivity index (χ4v) is 2.86. The van der Waals surface area contributed by atoms with E-state index >= 15 is 0 Å². The molecule has 114 valence electrons. The lowest BCUT2D eigenvalue weighted by Gasteiger charge is -2.16. The van der Waals surface area contributed by atoms with E-state index in [1.165, 1.54) is 6.33 Å². The molecule has 21 heavy (non-hydrogen) atoms. The molecule has 0 amide bonds. The molecule has 0 spiro atoms. The molecule has 3 heterocycles. The zero-order valence-electron chi connectivity index (χ0n) is 11.4. The molecule has 2 aromatic heterocycles. The highest BCUT2D eigenvalue weighted by molar-refractivity contribution is 7.71. The molecule has 3 rings (SSSR count). The van der Waals surface area contributed by atoms with Crippen molar-refractivity contribution in [2.24, 2.45) is 0 Å². The lowest BCUT2D eigenvalue weighted by Crippen LogP contribution is -2.31. The number of ether oxygens (including phenoxy) is 1. The van der Waals surface area contributed by atoms with Gasteiger partial charge >= 0.3 is 0 Å². The molecule has 4 atom stereocenters. The van der Waals surface area contributed by atoms with E-state index in [0.717, 1.165) is 6.42 Å². The number of hydrogen-bond acceptors (Lipinski definition) is 7. The molecule has 2 aromatic rings. The minimum absolute atomic E-state index is 0.160. The van der Waals surface area contributed by atoms with Crippen LogP contribution in [0.15, 0.2) is 6.33 Å². The summed E-state index contributed by atoms with van der Waals surface area (Å²) in [6.45, 7) is 1.99. The second-order valence-electron chi connectivity index (χ2n) is 5.11. The maximum atomic E-state index is 10.2. The van der Waals surface area contributed by atoms with Gasteiger partial charge in [-0.05, 0) is 6.42 Å². The van der Waals surface area contributed by atoms with Crippen molar-refractivity contribution in [3.63, 3.8) is 0 Å². The van der Waals surface area contributed by atoms with Crippen LogP contribution >= 0.6 is 12.2 Å². The minimum atomic E-state index is -1.06. The van der Waals surface area contributed by atoms with E-state index in [-0.39, 0.29) is 5.95 Å². The third-order valence-corrected chi connectivity index (χ3v) is 3.93. The lowest BCUT2D eigenvalue weighted by molar-refractivity contribution is -0.0370. The average molecular weight is 311 g/mol. The van der Waals surface area contributed by atoms with Gasteiger partial charge in [-0.1, -0.05) is 25.6 Å². The van der Waals surface area contributed by atoms with Crippen LogP contribution in [-0.4, -0.2) is 48.0 Å². The number of rotatable bonds is 3. The molecular weight excluding hydrogens is 294 g/mol. The molecule has 5 N–H and O–H groups in total. The van der Waals surface area contributed by atoms with Gasteiger partial charge in [0.25, 0.3) is 0 Å². The number of aliphatic hydroxyl groups excluding tert-OH is 2. The highest BCUT2D eigenvalue weighted by atomic mass is 32.1. The molecule has 8 nitrogen and oxygen atoms in total. The Kier molecular flexibility index (Phi) is 3.66. The fourth-order valence-electron chi connectivity index (χ4n) is 2.61. The number of fused-ring (bicyclic) bond motifs is 1. The van der Waals surface area contributed by atoms with Crippen molar-refractivity contribution in [3.05, 3.63) is 11.0 Å². The van der Waals surface area contributed by atoms with Crippen LogP contribution in [0, 0.1) is 4.64 Å². The SMILES string of the molecule is CCC[C@H]1O[C@@H](n2cnc3c(=S)[nH]c(N)nc32)C(O)C1O. The van der Waals surface area contributed by atoms with Crippen LogP contribution in [0.4, 0.5) is 5.95 Å². The van der Waals surface area contributed by atoms with E-state index in [0.29, 0.717) is 22.2 Å². The van der Waals surface area contributed by atoms with Crippen LogP contribution in [0.25, 0.3) is 11.2 Å². The topological polar surface area (TPSA) is 122 Å². The van der Waals surface area contributed by atoms with Gasteiger partial charge in [-0.3, -0.25) is 4.57 Å². The number of hydrogen-bond donors (Lipinski definition) is 4. The quantitative estimate of drug-likeness (QED) is 0.608. The Bertz CT molecular complexity index is 714. The van der Waals surface area contributed by atoms with Crippen LogP contribution in [0.2, 0.25) is 0 Å². The molecule has 2 unspecified atom stereocenters. The Morgan fingerprint density at radius 3 is 2.95 bits per heavy atom. The first-order valence-corrected chi connectivity index (χ1v) is 7.17. The molecule has 1 aliphatic heterocycles. The highest BCUT2D eigenvalue weighted by Crippen LogP contribution is 2.33. The summed E-state index contributed by atoms with van der Waals surface area (Å²) in [4.78, 5) is 11.0. The van der Waals surface area contributed by atoms with Gasteiger partial charge in [0.1, 0.15) is 22.4 Å². The van der Waals surface area contributed by atoms with Crippen LogP contribution in [0.1, 0.15) is 26.0 Å². The Morgan fingerprint density at radius 1 is 1.48 bits per heavy atom. The molecule has 0 aromatic carbocycles. The first-order valence-electron chi connectivity index (χ1n) is 6.76. The summed E-state index contributed by atoms with van der Waals surface area (Å²) in [5.74, 6) is 0.160. The third-order valence-electron chi connectivity index (χ3n) is 3.64. The van der Waals surface area contributed by atoms with Crippen LogP contribution in [0.5, 0.6) is 0 Å². The summed E-state index contributed by atoms with van der Waals surface area (Å²) in [5, 5.41) is 20.3. The van der Waals surface area contributed by atoms with Crippen molar-refractivity contribution in [1.82, 2.24) is 19.5 Å². The number of nitrogens with zero attached hydrogens (tertiary/aromatic N) is 3. The van der Waals surface area contributed by atoms with Crippen molar-refractivity contribution < 1.29 is 14.9 Å². The molecule has 0 saturated carbocycles. The van der Waals surface area contributed by atoms with E-state index in [9.17, 15) is 10.2 Å². The number of nitrogen functional groups attached to an aromatic ring is 1. The van der Waals surface area contributed by atoms with E-state index in [1.807, 2.05) is 6.92 Å². The standard InChI is InChI=1S/C12H17N5O3S/c1-2-3-5-7(18)8(19)11(20-5)17-4-14-6-9(17)15-12(13)16-10(6)21/h4-5,7-8,11,18-19H,2-3H2,1H3,(H3,13,15,16,21)/t5-,7?,8?,11-/m1/s1. The number of aromatic nitrogens is 4. The van der Waals surface area contributed by atoms with Crippen LogP contribution < -0.4 is 5.73 Å². The van der Waals surface area contributed by atoms with Gasteiger partial charge in [0, 0.05) is 0 Å². The largest absolute Gasteiger partial charge is 0.388 e. The van der Waals surface area contributed by atoms with E-state index < -0.39 is 24.5 Å². The number of aliphatic hydroxyl groups is 2. The molecule has 9 heteroatoms. The molecule has 1 saturated heterocycles. The fraction of sp³-hybridized carbons (Fsp3) is 0.583. The Balaban J connectivity index is 2.03. The Hall–Kier alpha value is -1.55. The van der Waals surface area contributed by atoms with Gasteiger partial charge in [-0.15, -0.1) is 0 Å². The summed E-state index contributed by atoms with van der Waals surface area (Å²) in [5.41, 5.74) is 6.56. The summed E-state index contributed by atoms with van der Waals surface area (Å²) < 4.78 is 7.68. The molecule has 1 fully saturated rings. The van der Waals surface area contributed by atoms with Crippen molar-refractivity contribution in [1.29, 1.82) is 0 Å². The molecule has 0 aliphatic carbocycles. The first kappa shape index (κ1) is 14.4. The predicted octanol–water partition coefficient (Wildman–Crippen LogP) is 0.490. The van der Waals surface area contributed by atoms with Gasteiger partial charge in [0.05, 0.1) is 12.4 Å². The molecule has 1 aliphatic rings. The highest BCUT2D eigenvalue weighted by Gasteiger charge is 2.43. The number of H-pyrrole nitrogens is 1. The maximum Gasteiger partial charge on any atom is 0.200 e. The lowest BCUT2D eigenvalue weighted by atomic mass is 10.1. The second-order valence-corrected chi connectivity index (χ2v) is 5.52. The number of aromatic amines is 1. The van der Waals surface area contributed by atoms with E-state index in [2.05, 4.69) is 15.0 Å². The normalized spacial score (nSPS) is 29.3. The number of nitrogens with two attached hydrogens (primary N) is 1. The average Bonchev–Trinajstić information content (AvgIpc) is 2.96. The Labute approximate surface area is 125 Å². The van der Waals surface area contributed by atoms with Gasteiger partial charge in [-0.25, -0.2) is 4.98 Å². The predicted molar refractivity (Wildman–Crippen MR) is 78.0 cm³/mol. The van der Waals surface area contributed by atoms with Crippen LogP contribution in [-0.2, 0) is 4.74 Å². The van der Waals surface area contributed by atoms with Gasteiger partial charge in [0.2, 0.25) is 5.95 Å². The van der Waals surface area contributed by atoms with Gasteiger partial charge in [-0.2, -0.15) is 4.98 Å². The van der Waals surface area contributed by atoms with Crippen molar-refractivity contribution in [3.8, 4) is 0 Å². The number of anilines is 1. The monoisotopic (exact) mass is 311 g/mol. The number of imidazole rings is 1. The van der Waals surface area contributed by atoms with Crippen molar-refractivity contribution in [2.75, 3.05) is 5.73 Å². The second kappa shape index (κ2) is 5.34. The Morgan fingerprint density at radius 2 is 2.24 bits per heavy atom. The summed E-state index contributed by atoms with van der Waals surface area (Å²) >= 11 is 5.14. The number of nitrogens with one attached hydrogen (secondary N) is 1. The first-order chi connectivity index (χ1) is 10.0. The summed E-state index contributed by atoms with van der Waals surface area (Å²) in [6.07, 6.45) is -0.175. The maximum absolute atomic E-state index is 10.2. The zero-order chi connectivity index (χ0) is 15.1. The van der Waals surface area contributed by atoms with E-state index in [1.54, 1.807) is 4.57 Å². The summed E-state index contributed by atoms with van der Waals surface area (Å²) in [7, 11) is 0. The van der Waals surface area contributed by atoms with E-state index in [4.69, 9.17) is 22.7 Å². The molecule has 0 bridgehead atoms. The van der Waals surface area contributed by atoms with Crippen molar-refractivity contribution >= 4 is 29.3 Å². The third kappa shape index (κ3) is 2.31. The molecular formula is C12H17N5O3S. The zero-order valence-corrected chi connectivity index (χ0v) is 12.2. The molecule has 0 radical (unpaired) electrons. The minimum Gasteiger partial charge on any atom is -0.388 e. The van der Waals surface area contributed by atoms with Crippen molar-refractivity contribution in [2.45, 2.75) is 44.3 Å². The van der Waals surface area contributed by atoms with Gasteiger partial charge in [0.15, 0.2) is 11.9 Å². The van der Waals surface area contributed by atoms with Gasteiger partial charge < -0.3 is 25.7 Å².